The molecule has 36 heavy (non-hydrogen) atoms. The van der Waals surface area contributed by atoms with E-state index in [0.717, 1.165) is 11.3 Å². The maximum Gasteiger partial charge on any atom is 0.254 e. The van der Waals surface area contributed by atoms with Crippen molar-refractivity contribution in [1.82, 2.24) is 10.2 Å². The molecule has 1 atom stereocenters. The molecular formula is C27H24N4O5. The van der Waals surface area contributed by atoms with E-state index >= 15 is 0 Å². The first-order valence-corrected chi connectivity index (χ1v) is 11.4. The van der Waals surface area contributed by atoms with Crippen LogP contribution in [-0.2, 0) is 16.2 Å². The van der Waals surface area contributed by atoms with Crippen LogP contribution in [0.5, 0.6) is 11.5 Å². The summed E-state index contributed by atoms with van der Waals surface area (Å²) in [6.07, 6.45) is 0.148. The monoisotopic (exact) mass is 484 g/mol. The fourth-order valence-electron chi connectivity index (χ4n) is 3.96. The molecule has 0 unspecified atom stereocenters. The fourth-order valence-corrected chi connectivity index (χ4v) is 3.96. The third-order valence-corrected chi connectivity index (χ3v) is 5.83. The van der Waals surface area contributed by atoms with Gasteiger partial charge in [-0.25, -0.2) is 0 Å². The molecule has 1 saturated heterocycles. The van der Waals surface area contributed by atoms with Crippen LogP contribution in [0, 0.1) is 5.92 Å². The first-order valence-electron chi connectivity index (χ1n) is 11.4. The first-order chi connectivity index (χ1) is 17.6. The van der Waals surface area contributed by atoms with E-state index in [4.69, 9.17) is 13.9 Å². The highest BCUT2D eigenvalue weighted by Gasteiger charge is 2.35. The molecule has 1 aliphatic heterocycles. The minimum absolute atomic E-state index is 0.0885. The predicted molar refractivity (Wildman–Crippen MR) is 133 cm³/mol. The number of amides is 2. The minimum atomic E-state index is -0.459. The normalized spacial score (nSPS) is 15.1. The molecule has 5 rings (SSSR count). The Labute approximate surface area is 207 Å². The zero-order chi connectivity index (χ0) is 24.9. The molecule has 0 radical (unpaired) electrons. The highest BCUT2D eigenvalue weighted by molar-refractivity contribution is 6.03. The molecule has 1 aliphatic rings. The van der Waals surface area contributed by atoms with Crippen LogP contribution in [-0.4, -0.2) is 35.7 Å². The third kappa shape index (κ3) is 5.20. The summed E-state index contributed by atoms with van der Waals surface area (Å²) in [6, 6.07) is 23.7. The number of ether oxygens (including phenoxy) is 2. The average molecular weight is 485 g/mol. The lowest BCUT2D eigenvalue weighted by Crippen LogP contribution is -2.28. The second-order valence-electron chi connectivity index (χ2n) is 8.28. The van der Waals surface area contributed by atoms with E-state index in [1.807, 2.05) is 42.5 Å². The van der Waals surface area contributed by atoms with Gasteiger partial charge in [-0.05, 0) is 48.5 Å². The predicted octanol–water partition coefficient (Wildman–Crippen LogP) is 4.32. The molecule has 182 valence electrons. The highest BCUT2D eigenvalue weighted by atomic mass is 16.5. The molecule has 0 aliphatic carbocycles. The van der Waals surface area contributed by atoms with Crippen molar-refractivity contribution in [2.24, 2.45) is 5.92 Å². The number of carbonyl (C=O) groups excluding carboxylic acids is 2. The van der Waals surface area contributed by atoms with Crippen molar-refractivity contribution in [3.63, 3.8) is 0 Å². The van der Waals surface area contributed by atoms with Crippen LogP contribution in [0.3, 0.4) is 0 Å². The number of methoxy groups -OCH3 is 1. The Morgan fingerprint density at radius 1 is 1.03 bits per heavy atom. The number of nitrogens with one attached hydrogen (secondary N) is 1. The Hall–Kier alpha value is -4.66. The molecule has 4 aromatic rings. The molecule has 3 aromatic carbocycles. The summed E-state index contributed by atoms with van der Waals surface area (Å²) in [4.78, 5) is 27.0. The number of benzene rings is 3. The third-order valence-electron chi connectivity index (χ3n) is 5.83. The van der Waals surface area contributed by atoms with Gasteiger partial charge >= 0.3 is 0 Å². The van der Waals surface area contributed by atoms with Crippen molar-refractivity contribution in [2.75, 3.05) is 23.9 Å². The van der Waals surface area contributed by atoms with Crippen LogP contribution in [0.4, 0.5) is 11.4 Å². The van der Waals surface area contributed by atoms with Gasteiger partial charge in [0.2, 0.25) is 17.7 Å². The van der Waals surface area contributed by atoms with E-state index in [0.29, 0.717) is 35.5 Å². The van der Waals surface area contributed by atoms with Gasteiger partial charge in [-0.2, -0.15) is 0 Å². The van der Waals surface area contributed by atoms with Crippen molar-refractivity contribution in [3.8, 4) is 23.0 Å². The molecule has 2 amide bonds. The second kappa shape index (κ2) is 10.3. The van der Waals surface area contributed by atoms with Crippen molar-refractivity contribution in [1.29, 1.82) is 0 Å². The van der Waals surface area contributed by atoms with E-state index in [1.54, 1.807) is 48.4 Å². The number of anilines is 2. The van der Waals surface area contributed by atoms with E-state index < -0.39 is 5.92 Å². The molecule has 0 spiro atoms. The SMILES string of the molecule is COc1ccc(N2C[C@H](C(=O)Nc3cccc(OCc4nnc(-c5ccccc5)o4)c3)CC2=O)cc1. The van der Waals surface area contributed by atoms with Gasteiger partial charge in [0.05, 0.1) is 13.0 Å². The Bertz CT molecular complexity index is 1350. The van der Waals surface area contributed by atoms with Crippen LogP contribution < -0.4 is 19.7 Å². The molecule has 9 nitrogen and oxygen atoms in total. The van der Waals surface area contributed by atoms with Gasteiger partial charge in [0, 0.05) is 36.0 Å². The molecule has 1 aromatic heterocycles. The molecule has 9 heteroatoms. The van der Waals surface area contributed by atoms with Crippen molar-refractivity contribution < 1.29 is 23.5 Å². The average Bonchev–Trinajstić information content (AvgIpc) is 3.55. The largest absolute Gasteiger partial charge is 0.497 e. The summed E-state index contributed by atoms with van der Waals surface area (Å²) in [5.41, 5.74) is 2.14. The quantitative estimate of drug-likeness (QED) is 0.397. The first kappa shape index (κ1) is 23.1. The van der Waals surface area contributed by atoms with Gasteiger partial charge in [0.1, 0.15) is 11.5 Å². The van der Waals surface area contributed by atoms with Crippen molar-refractivity contribution >= 4 is 23.2 Å². The van der Waals surface area contributed by atoms with Gasteiger partial charge in [-0.3, -0.25) is 9.59 Å². The lowest BCUT2D eigenvalue weighted by Gasteiger charge is -2.17. The van der Waals surface area contributed by atoms with Gasteiger partial charge in [0.25, 0.3) is 5.89 Å². The van der Waals surface area contributed by atoms with Gasteiger partial charge < -0.3 is 24.1 Å². The van der Waals surface area contributed by atoms with Gasteiger partial charge in [0.15, 0.2) is 6.61 Å². The number of aromatic nitrogens is 2. The van der Waals surface area contributed by atoms with Gasteiger partial charge in [-0.15, -0.1) is 10.2 Å². The molecular weight excluding hydrogens is 460 g/mol. The Morgan fingerprint density at radius 3 is 2.61 bits per heavy atom. The number of hydrogen-bond acceptors (Lipinski definition) is 7. The Morgan fingerprint density at radius 2 is 1.83 bits per heavy atom. The van der Waals surface area contributed by atoms with E-state index in [1.165, 1.54) is 0 Å². The number of carbonyl (C=O) groups is 2. The zero-order valence-corrected chi connectivity index (χ0v) is 19.6. The van der Waals surface area contributed by atoms with Crippen LogP contribution >= 0.6 is 0 Å². The lowest BCUT2D eigenvalue weighted by molar-refractivity contribution is -0.122. The number of hydrogen-bond donors (Lipinski definition) is 1. The summed E-state index contributed by atoms with van der Waals surface area (Å²) in [5, 5.41) is 11.0. The second-order valence-corrected chi connectivity index (χ2v) is 8.28. The maximum absolute atomic E-state index is 12.9. The lowest BCUT2D eigenvalue weighted by atomic mass is 10.1. The minimum Gasteiger partial charge on any atom is -0.497 e. The molecule has 1 fully saturated rings. The molecule has 2 heterocycles. The standard InChI is InChI=1S/C27H24N4O5/c1-34-22-12-10-21(11-13-22)31-16-19(14-25(31)32)26(33)28-20-8-5-9-23(15-20)35-17-24-29-30-27(36-24)18-6-3-2-4-7-18/h2-13,15,19H,14,16-17H2,1H3,(H,28,33)/t19-/m1/s1. The van der Waals surface area contributed by atoms with Crippen LogP contribution in [0.1, 0.15) is 12.3 Å². The maximum atomic E-state index is 12.9. The molecule has 0 saturated carbocycles. The number of nitrogens with zero attached hydrogens (tertiary/aromatic N) is 3. The van der Waals surface area contributed by atoms with Crippen LogP contribution in [0.15, 0.2) is 83.3 Å². The van der Waals surface area contributed by atoms with E-state index in [2.05, 4.69) is 15.5 Å². The van der Waals surface area contributed by atoms with Gasteiger partial charge in [-0.1, -0.05) is 24.3 Å². The van der Waals surface area contributed by atoms with E-state index in [9.17, 15) is 9.59 Å². The van der Waals surface area contributed by atoms with Crippen LogP contribution in [0.2, 0.25) is 0 Å². The summed E-state index contributed by atoms with van der Waals surface area (Å²) >= 11 is 0. The smallest absolute Gasteiger partial charge is 0.254 e. The van der Waals surface area contributed by atoms with E-state index in [-0.39, 0.29) is 24.8 Å². The topological polar surface area (TPSA) is 107 Å². The summed E-state index contributed by atoms with van der Waals surface area (Å²) in [6.45, 7) is 0.402. The van der Waals surface area contributed by atoms with Crippen molar-refractivity contribution in [3.05, 3.63) is 84.8 Å². The Balaban J connectivity index is 1.17. The fraction of sp³-hybridized carbons (Fsp3) is 0.185. The highest BCUT2D eigenvalue weighted by Crippen LogP contribution is 2.28. The van der Waals surface area contributed by atoms with Crippen LogP contribution in [0.25, 0.3) is 11.5 Å². The zero-order valence-electron chi connectivity index (χ0n) is 19.6. The summed E-state index contributed by atoms with van der Waals surface area (Å²) in [5.74, 6) is 1.23. The van der Waals surface area contributed by atoms with Crippen molar-refractivity contribution in [2.45, 2.75) is 13.0 Å². The summed E-state index contributed by atoms with van der Waals surface area (Å²) in [7, 11) is 1.59. The summed E-state index contributed by atoms with van der Waals surface area (Å²) < 4.78 is 16.6. The molecule has 1 N–H and O–H groups in total. The Kier molecular flexibility index (Phi) is 6.61. The number of rotatable bonds is 8. The molecule has 0 bridgehead atoms.